The van der Waals surface area contributed by atoms with Gasteiger partial charge in [-0.3, -0.25) is 4.79 Å². The van der Waals surface area contributed by atoms with Crippen molar-refractivity contribution in [1.82, 2.24) is 5.32 Å². The lowest BCUT2D eigenvalue weighted by atomic mass is 9.91. The van der Waals surface area contributed by atoms with Crippen molar-refractivity contribution in [3.63, 3.8) is 0 Å². The average molecular weight is 419 g/mol. The molecular weight excluding hydrogens is 394 g/mol. The van der Waals surface area contributed by atoms with Gasteiger partial charge in [-0.2, -0.15) is 0 Å². The van der Waals surface area contributed by atoms with Crippen LogP contribution in [0, 0.1) is 0 Å². The van der Waals surface area contributed by atoms with Gasteiger partial charge in [0.25, 0.3) is 0 Å². The van der Waals surface area contributed by atoms with Crippen LogP contribution in [0.25, 0.3) is 6.08 Å². The van der Waals surface area contributed by atoms with Crippen molar-refractivity contribution in [2.45, 2.75) is 24.7 Å². The molecule has 1 heterocycles. The monoisotopic (exact) mass is 419 g/mol. The standard InChI is InChI=1S/C21H25NO8/c23-7-6-22-20(25)15-11-17-19(29-13-28-17)18(12-15)30-21(26)16-4-2-1-3-14(16)5-9-27-10-8-24/h1-5,9,11,17-19,23-24H,6-8,10,12-13H2,(H,22,25). The van der Waals surface area contributed by atoms with E-state index in [1.165, 1.54) is 6.26 Å². The molecule has 0 aromatic heterocycles. The van der Waals surface area contributed by atoms with Crippen molar-refractivity contribution in [3.05, 3.63) is 53.3 Å². The highest BCUT2D eigenvalue weighted by molar-refractivity contribution is 5.95. The highest BCUT2D eigenvalue weighted by atomic mass is 16.7. The van der Waals surface area contributed by atoms with Gasteiger partial charge in [-0.15, -0.1) is 0 Å². The highest BCUT2D eigenvalue weighted by Gasteiger charge is 2.42. The van der Waals surface area contributed by atoms with Crippen molar-refractivity contribution in [2.24, 2.45) is 0 Å². The van der Waals surface area contributed by atoms with Crippen LogP contribution in [0.2, 0.25) is 0 Å². The van der Waals surface area contributed by atoms with Crippen LogP contribution in [0.15, 0.2) is 42.2 Å². The number of fused-ring (bicyclic) bond motifs is 1. The molecule has 1 aromatic carbocycles. The van der Waals surface area contributed by atoms with Crippen LogP contribution in [-0.2, 0) is 23.7 Å². The summed E-state index contributed by atoms with van der Waals surface area (Å²) in [5, 5.41) is 20.3. The zero-order valence-electron chi connectivity index (χ0n) is 16.4. The molecule has 30 heavy (non-hydrogen) atoms. The van der Waals surface area contributed by atoms with Crippen LogP contribution in [-0.4, -0.2) is 73.6 Å². The second kappa shape index (κ2) is 10.9. The van der Waals surface area contributed by atoms with Gasteiger partial charge < -0.3 is 34.5 Å². The molecule has 0 spiro atoms. The molecule has 0 saturated carbocycles. The quantitative estimate of drug-likeness (QED) is 0.298. The number of esters is 1. The van der Waals surface area contributed by atoms with Crippen LogP contribution < -0.4 is 5.32 Å². The van der Waals surface area contributed by atoms with Crippen LogP contribution >= 0.6 is 0 Å². The normalized spacial score (nSPS) is 23.0. The predicted molar refractivity (Wildman–Crippen MR) is 105 cm³/mol. The topological polar surface area (TPSA) is 124 Å². The average Bonchev–Trinajstić information content (AvgIpc) is 3.24. The summed E-state index contributed by atoms with van der Waals surface area (Å²) in [4.78, 5) is 25.2. The lowest BCUT2D eigenvalue weighted by Crippen LogP contribution is -2.43. The van der Waals surface area contributed by atoms with Crippen LogP contribution in [0.1, 0.15) is 22.3 Å². The summed E-state index contributed by atoms with van der Waals surface area (Å²) in [6.07, 6.45) is 3.16. The minimum absolute atomic E-state index is 0.0486. The molecular formula is C21H25NO8. The molecule has 1 saturated heterocycles. The second-order valence-corrected chi connectivity index (χ2v) is 6.68. The Bertz CT molecular complexity index is 806. The fourth-order valence-electron chi connectivity index (χ4n) is 3.28. The fraction of sp³-hybridized carbons (Fsp3) is 0.429. The van der Waals surface area contributed by atoms with Crippen molar-refractivity contribution in [3.8, 4) is 0 Å². The Hall–Kier alpha value is -2.72. The number of carbonyl (C=O) groups is 2. The summed E-state index contributed by atoms with van der Waals surface area (Å²) in [7, 11) is 0. The molecule has 162 valence electrons. The van der Waals surface area contributed by atoms with Crippen molar-refractivity contribution >= 4 is 18.0 Å². The van der Waals surface area contributed by atoms with E-state index in [1.54, 1.807) is 36.4 Å². The van der Waals surface area contributed by atoms with Crippen molar-refractivity contribution in [1.29, 1.82) is 0 Å². The Morgan fingerprint density at radius 3 is 2.83 bits per heavy atom. The van der Waals surface area contributed by atoms with Gasteiger partial charge in [0.2, 0.25) is 5.91 Å². The van der Waals surface area contributed by atoms with E-state index in [0.717, 1.165) is 0 Å². The first-order valence-corrected chi connectivity index (χ1v) is 9.66. The van der Waals surface area contributed by atoms with Gasteiger partial charge >= 0.3 is 5.97 Å². The molecule has 3 rings (SSSR count). The second-order valence-electron chi connectivity index (χ2n) is 6.68. The lowest BCUT2D eigenvalue weighted by Gasteiger charge is -2.30. The van der Waals surface area contributed by atoms with Gasteiger partial charge in [-0.25, -0.2) is 4.79 Å². The number of amides is 1. The van der Waals surface area contributed by atoms with E-state index < -0.39 is 24.3 Å². The molecule has 1 aliphatic heterocycles. The molecule has 3 N–H and O–H groups in total. The summed E-state index contributed by atoms with van der Waals surface area (Å²) in [5.41, 5.74) is 1.34. The molecule has 3 unspecified atom stereocenters. The Kier molecular flexibility index (Phi) is 7.97. The minimum atomic E-state index is -0.701. The van der Waals surface area contributed by atoms with Crippen LogP contribution in [0.5, 0.6) is 0 Å². The molecule has 1 aromatic rings. The molecule has 1 fully saturated rings. The molecule has 9 nitrogen and oxygen atoms in total. The van der Waals surface area contributed by atoms with Crippen molar-refractivity contribution < 1.29 is 38.7 Å². The summed E-state index contributed by atoms with van der Waals surface area (Å²) in [5.74, 6) is -0.905. The summed E-state index contributed by atoms with van der Waals surface area (Å²) in [6.45, 7) is 0.0492. The number of benzene rings is 1. The van der Waals surface area contributed by atoms with E-state index in [0.29, 0.717) is 16.7 Å². The first-order valence-electron chi connectivity index (χ1n) is 9.66. The number of hydrogen-bond acceptors (Lipinski definition) is 8. The first-order chi connectivity index (χ1) is 14.6. The van der Waals surface area contributed by atoms with Gasteiger partial charge in [0.1, 0.15) is 31.7 Å². The first kappa shape index (κ1) is 22.0. The van der Waals surface area contributed by atoms with Gasteiger partial charge in [0.15, 0.2) is 0 Å². The maximum absolute atomic E-state index is 12.9. The number of ether oxygens (including phenoxy) is 4. The third kappa shape index (κ3) is 5.45. The fourth-order valence-corrected chi connectivity index (χ4v) is 3.28. The third-order valence-electron chi connectivity index (χ3n) is 4.68. The Morgan fingerprint density at radius 1 is 1.20 bits per heavy atom. The van der Waals surface area contributed by atoms with Gasteiger partial charge in [0.05, 0.1) is 25.0 Å². The molecule has 1 aliphatic carbocycles. The number of aliphatic hydroxyl groups is 2. The number of rotatable bonds is 9. The number of aliphatic hydroxyl groups excluding tert-OH is 2. The predicted octanol–water partition coefficient (Wildman–Crippen LogP) is 0.372. The molecule has 9 heteroatoms. The lowest BCUT2D eigenvalue weighted by molar-refractivity contribution is -0.118. The smallest absolute Gasteiger partial charge is 0.339 e. The summed E-state index contributed by atoms with van der Waals surface area (Å²) in [6, 6.07) is 6.86. The number of hydrogen-bond donors (Lipinski definition) is 3. The van der Waals surface area contributed by atoms with Crippen LogP contribution in [0.4, 0.5) is 0 Å². The van der Waals surface area contributed by atoms with Gasteiger partial charge in [0, 0.05) is 18.5 Å². The summed E-state index contributed by atoms with van der Waals surface area (Å²) >= 11 is 0. The van der Waals surface area contributed by atoms with E-state index in [9.17, 15) is 9.59 Å². The molecule has 0 bridgehead atoms. The maximum Gasteiger partial charge on any atom is 0.339 e. The highest BCUT2D eigenvalue weighted by Crippen LogP contribution is 2.31. The van der Waals surface area contributed by atoms with E-state index in [4.69, 9.17) is 29.2 Å². The largest absolute Gasteiger partial charge is 0.499 e. The molecule has 1 amide bonds. The Balaban J connectivity index is 1.72. The zero-order valence-corrected chi connectivity index (χ0v) is 16.4. The Labute approximate surface area is 173 Å². The number of carbonyl (C=O) groups excluding carboxylic acids is 2. The SMILES string of the molecule is O=C(NCCO)C1=CC2OCOC2C(OC(=O)c2ccccc2C=COCCO)C1. The van der Waals surface area contributed by atoms with Crippen LogP contribution in [0.3, 0.4) is 0 Å². The Morgan fingerprint density at radius 2 is 2.03 bits per heavy atom. The van der Waals surface area contributed by atoms with Gasteiger partial charge in [-0.1, -0.05) is 18.2 Å². The molecule has 3 atom stereocenters. The van der Waals surface area contributed by atoms with E-state index in [2.05, 4.69) is 5.32 Å². The maximum atomic E-state index is 12.9. The summed E-state index contributed by atoms with van der Waals surface area (Å²) < 4.78 is 21.9. The number of nitrogens with one attached hydrogen (secondary N) is 1. The molecule has 2 aliphatic rings. The van der Waals surface area contributed by atoms with E-state index in [-0.39, 0.29) is 45.5 Å². The third-order valence-corrected chi connectivity index (χ3v) is 4.68. The van der Waals surface area contributed by atoms with E-state index >= 15 is 0 Å². The zero-order chi connectivity index (χ0) is 21.3. The van der Waals surface area contributed by atoms with E-state index in [1.807, 2.05) is 0 Å². The minimum Gasteiger partial charge on any atom is -0.499 e. The molecule has 0 radical (unpaired) electrons. The van der Waals surface area contributed by atoms with Gasteiger partial charge in [-0.05, 0) is 23.8 Å². The van der Waals surface area contributed by atoms with Crippen molar-refractivity contribution in [2.75, 3.05) is 33.2 Å².